The van der Waals surface area contributed by atoms with Crippen LogP contribution < -0.4 is 9.47 Å². The van der Waals surface area contributed by atoms with Gasteiger partial charge in [-0.3, -0.25) is 0 Å². The highest BCUT2D eigenvalue weighted by Crippen LogP contribution is 2.32. The summed E-state index contributed by atoms with van der Waals surface area (Å²) in [7, 11) is 3.22. The number of nitriles is 1. The first kappa shape index (κ1) is 13.0. The first-order valence-electron chi connectivity index (χ1n) is 5.92. The van der Waals surface area contributed by atoms with Crippen LogP contribution in [0.1, 0.15) is 11.1 Å². The smallest absolute Gasteiger partial charge is 0.123 e. The van der Waals surface area contributed by atoms with E-state index < -0.39 is 0 Å². The van der Waals surface area contributed by atoms with E-state index in [2.05, 4.69) is 6.07 Å². The summed E-state index contributed by atoms with van der Waals surface area (Å²) in [6, 6.07) is 13.6. The third-order valence-electron chi connectivity index (χ3n) is 2.96. The molecule has 0 aliphatic carbocycles. The number of hydrogen-bond acceptors (Lipinski definition) is 3. The number of ether oxygens (including phenoxy) is 2. The molecular formula is C16H15NO2. The summed E-state index contributed by atoms with van der Waals surface area (Å²) >= 11 is 0. The van der Waals surface area contributed by atoms with E-state index in [0.717, 1.165) is 16.7 Å². The average Bonchev–Trinajstić information content (AvgIpc) is 2.46. The van der Waals surface area contributed by atoms with E-state index in [-0.39, 0.29) is 0 Å². The zero-order valence-corrected chi connectivity index (χ0v) is 11.2. The molecular weight excluding hydrogens is 238 g/mol. The van der Waals surface area contributed by atoms with Crippen molar-refractivity contribution in [3.05, 3.63) is 47.5 Å². The Morgan fingerprint density at radius 2 is 1.58 bits per heavy atom. The van der Waals surface area contributed by atoms with Crippen molar-refractivity contribution in [2.45, 2.75) is 6.92 Å². The predicted molar refractivity (Wildman–Crippen MR) is 74.4 cm³/mol. The van der Waals surface area contributed by atoms with Crippen LogP contribution in [0.5, 0.6) is 11.5 Å². The monoisotopic (exact) mass is 253 g/mol. The molecule has 0 saturated heterocycles. The van der Waals surface area contributed by atoms with Crippen LogP contribution in [-0.2, 0) is 0 Å². The van der Waals surface area contributed by atoms with E-state index in [0.29, 0.717) is 17.1 Å². The molecule has 0 bridgehead atoms. The number of nitrogens with zero attached hydrogens (tertiary/aromatic N) is 1. The molecule has 0 saturated carbocycles. The molecule has 3 nitrogen and oxygen atoms in total. The fourth-order valence-electron chi connectivity index (χ4n) is 1.96. The van der Waals surface area contributed by atoms with Crippen LogP contribution in [0.3, 0.4) is 0 Å². The van der Waals surface area contributed by atoms with Crippen molar-refractivity contribution in [1.82, 2.24) is 0 Å². The molecule has 2 aromatic carbocycles. The Morgan fingerprint density at radius 1 is 0.947 bits per heavy atom. The molecule has 2 aromatic rings. The SMILES string of the molecule is COc1cc(OC)cc(-c2cc(C)ccc2C#N)c1. The zero-order valence-electron chi connectivity index (χ0n) is 11.2. The molecule has 0 aliphatic rings. The van der Waals surface area contributed by atoms with Gasteiger partial charge < -0.3 is 9.47 Å². The van der Waals surface area contributed by atoms with Crippen molar-refractivity contribution in [3.63, 3.8) is 0 Å². The number of rotatable bonds is 3. The van der Waals surface area contributed by atoms with Gasteiger partial charge in [0.1, 0.15) is 11.5 Å². The van der Waals surface area contributed by atoms with Crippen molar-refractivity contribution < 1.29 is 9.47 Å². The summed E-state index contributed by atoms with van der Waals surface area (Å²) in [5, 5.41) is 9.21. The lowest BCUT2D eigenvalue weighted by Gasteiger charge is -2.10. The highest BCUT2D eigenvalue weighted by molar-refractivity contribution is 5.73. The minimum atomic E-state index is 0.640. The van der Waals surface area contributed by atoms with Crippen molar-refractivity contribution in [2.24, 2.45) is 0 Å². The highest BCUT2D eigenvalue weighted by Gasteiger charge is 2.09. The van der Waals surface area contributed by atoms with E-state index in [4.69, 9.17) is 9.47 Å². The molecule has 0 fully saturated rings. The Kier molecular flexibility index (Phi) is 3.72. The Morgan fingerprint density at radius 3 is 2.11 bits per heavy atom. The molecule has 96 valence electrons. The molecule has 0 radical (unpaired) electrons. The van der Waals surface area contributed by atoms with Gasteiger partial charge in [-0.05, 0) is 36.2 Å². The van der Waals surface area contributed by atoms with Crippen LogP contribution >= 0.6 is 0 Å². The van der Waals surface area contributed by atoms with Gasteiger partial charge >= 0.3 is 0 Å². The maximum absolute atomic E-state index is 9.21. The third kappa shape index (κ3) is 2.69. The van der Waals surface area contributed by atoms with Crippen molar-refractivity contribution >= 4 is 0 Å². The second-order valence-corrected chi connectivity index (χ2v) is 4.26. The Hall–Kier alpha value is -2.47. The molecule has 0 unspecified atom stereocenters. The molecule has 0 aliphatic heterocycles. The molecule has 0 N–H and O–H groups in total. The first-order valence-corrected chi connectivity index (χ1v) is 5.92. The largest absolute Gasteiger partial charge is 0.497 e. The summed E-state index contributed by atoms with van der Waals surface area (Å²) in [4.78, 5) is 0. The topological polar surface area (TPSA) is 42.2 Å². The van der Waals surface area contributed by atoms with Crippen LogP contribution in [0, 0.1) is 18.3 Å². The number of benzene rings is 2. The molecule has 0 heterocycles. The van der Waals surface area contributed by atoms with Gasteiger partial charge in [-0.25, -0.2) is 0 Å². The van der Waals surface area contributed by atoms with E-state index in [1.807, 2.05) is 43.3 Å². The fourth-order valence-corrected chi connectivity index (χ4v) is 1.96. The lowest BCUT2D eigenvalue weighted by atomic mass is 9.98. The normalized spacial score (nSPS) is 9.79. The molecule has 3 heteroatoms. The highest BCUT2D eigenvalue weighted by atomic mass is 16.5. The maximum Gasteiger partial charge on any atom is 0.123 e. The molecule has 0 amide bonds. The van der Waals surface area contributed by atoms with Gasteiger partial charge in [-0.15, -0.1) is 0 Å². The van der Waals surface area contributed by atoms with Crippen LogP contribution in [0.2, 0.25) is 0 Å². The van der Waals surface area contributed by atoms with E-state index >= 15 is 0 Å². The van der Waals surface area contributed by atoms with Crippen LogP contribution in [0.15, 0.2) is 36.4 Å². The summed E-state index contributed by atoms with van der Waals surface area (Å²) in [5.74, 6) is 1.42. The quantitative estimate of drug-likeness (QED) is 0.840. The van der Waals surface area contributed by atoms with Gasteiger partial charge in [0.05, 0.1) is 25.9 Å². The van der Waals surface area contributed by atoms with Crippen molar-refractivity contribution in [3.8, 4) is 28.7 Å². The summed E-state index contributed by atoms with van der Waals surface area (Å²) < 4.78 is 10.5. The third-order valence-corrected chi connectivity index (χ3v) is 2.96. The number of aryl methyl sites for hydroxylation is 1. The predicted octanol–water partition coefficient (Wildman–Crippen LogP) is 3.55. The Bertz CT molecular complexity index is 619. The standard InChI is InChI=1S/C16H15NO2/c1-11-4-5-12(10-17)16(6-11)13-7-14(18-2)9-15(8-13)19-3/h4-9H,1-3H3. The Balaban J connectivity index is 2.64. The molecule has 0 spiro atoms. The minimum Gasteiger partial charge on any atom is -0.497 e. The fraction of sp³-hybridized carbons (Fsp3) is 0.188. The average molecular weight is 253 g/mol. The molecule has 0 atom stereocenters. The van der Waals surface area contributed by atoms with Gasteiger partial charge in [0.2, 0.25) is 0 Å². The van der Waals surface area contributed by atoms with Gasteiger partial charge in [0.15, 0.2) is 0 Å². The Labute approximate surface area is 113 Å². The zero-order chi connectivity index (χ0) is 13.8. The lowest BCUT2D eigenvalue weighted by molar-refractivity contribution is 0.394. The minimum absolute atomic E-state index is 0.640. The first-order chi connectivity index (χ1) is 9.17. The number of hydrogen-bond donors (Lipinski definition) is 0. The maximum atomic E-state index is 9.21. The van der Waals surface area contributed by atoms with Crippen LogP contribution in [-0.4, -0.2) is 14.2 Å². The number of methoxy groups -OCH3 is 2. The molecule has 0 aromatic heterocycles. The molecule has 19 heavy (non-hydrogen) atoms. The summed E-state index contributed by atoms with van der Waals surface area (Å²) in [6.07, 6.45) is 0. The van der Waals surface area contributed by atoms with Crippen LogP contribution in [0.25, 0.3) is 11.1 Å². The van der Waals surface area contributed by atoms with E-state index in [1.165, 1.54) is 0 Å². The second kappa shape index (κ2) is 5.45. The van der Waals surface area contributed by atoms with Gasteiger partial charge in [0.25, 0.3) is 0 Å². The molecule has 2 rings (SSSR count). The van der Waals surface area contributed by atoms with Crippen molar-refractivity contribution in [1.29, 1.82) is 5.26 Å². The van der Waals surface area contributed by atoms with Gasteiger partial charge in [-0.2, -0.15) is 5.26 Å². The second-order valence-electron chi connectivity index (χ2n) is 4.26. The summed E-state index contributed by atoms with van der Waals surface area (Å²) in [6.45, 7) is 2.00. The summed E-state index contributed by atoms with van der Waals surface area (Å²) in [5.41, 5.74) is 3.55. The van der Waals surface area contributed by atoms with E-state index in [1.54, 1.807) is 14.2 Å². The van der Waals surface area contributed by atoms with Crippen LogP contribution in [0.4, 0.5) is 0 Å². The van der Waals surface area contributed by atoms with Gasteiger partial charge in [0, 0.05) is 6.07 Å². The van der Waals surface area contributed by atoms with Gasteiger partial charge in [-0.1, -0.05) is 17.7 Å². The van der Waals surface area contributed by atoms with Crippen molar-refractivity contribution in [2.75, 3.05) is 14.2 Å². The van der Waals surface area contributed by atoms with E-state index in [9.17, 15) is 5.26 Å². The lowest BCUT2D eigenvalue weighted by Crippen LogP contribution is -1.91.